The van der Waals surface area contributed by atoms with Gasteiger partial charge in [-0.25, -0.2) is 0 Å². The van der Waals surface area contributed by atoms with E-state index >= 15 is 0 Å². The van der Waals surface area contributed by atoms with Crippen molar-refractivity contribution in [3.05, 3.63) is 0 Å². The van der Waals surface area contributed by atoms with Gasteiger partial charge >= 0.3 is 0 Å². The molecule has 2 atom stereocenters. The lowest BCUT2D eigenvalue weighted by atomic mass is 10.1. The van der Waals surface area contributed by atoms with E-state index in [0.29, 0.717) is 0 Å². The second-order valence-electron chi connectivity index (χ2n) is 4.39. The Morgan fingerprint density at radius 3 is 2.93 bits per heavy atom. The van der Waals surface area contributed by atoms with Crippen molar-refractivity contribution < 1.29 is 0 Å². The molecule has 2 nitrogen and oxygen atoms in total. The Bertz CT molecular complexity index is 152. The summed E-state index contributed by atoms with van der Waals surface area (Å²) in [5.74, 6) is 0. The van der Waals surface area contributed by atoms with Crippen LogP contribution in [-0.2, 0) is 0 Å². The minimum absolute atomic E-state index is 0.746. The van der Waals surface area contributed by atoms with Gasteiger partial charge < -0.3 is 10.2 Å². The third kappa shape index (κ3) is 4.67. The molecule has 0 radical (unpaired) electrons. The quantitative estimate of drug-likeness (QED) is 0.771. The number of thioether (sulfide) groups is 1. The third-order valence-electron chi connectivity index (χ3n) is 3.05. The number of rotatable bonds is 4. The van der Waals surface area contributed by atoms with Crippen molar-refractivity contribution in [1.29, 1.82) is 0 Å². The Balaban J connectivity index is 2.17. The Morgan fingerprint density at radius 1 is 1.43 bits per heavy atom. The molecule has 0 spiro atoms. The summed E-state index contributed by atoms with van der Waals surface area (Å²) in [6.45, 7) is 5.98. The average Bonchev–Trinajstić information content (AvgIpc) is 2.39. The molecule has 0 saturated carbocycles. The summed E-state index contributed by atoms with van der Waals surface area (Å²) in [7, 11) is 2.23. The van der Waals surface area contributed by atoms with Gasteiger partial charge in [-0.3, -0.25) is 0 Å². The lowest BCUT2D eigenvalue weighted by Gasteiger charge is -2.18. The first-order chi connectivity index (χ1) is 6.72. The minimum Gasteiger partial charge on any atom is -0.313 e. The van der Waals surface area contributed by atoms with Gasteiger partial charge in [0.1, 0.15) is 0 Å². The highest BCUT2D eigenvalue weighted by Gasteiger charge is 2.14. The second kappa shape index (κ2) is 6.70. The van der Waals surface area contributed by atoms with Crippen LogP contribution in [0.25, 0.3) is 0 Å². The number of hydrogen-bond acceptors (Lipinski definition) is 3. The summed E-state index contributed by atoms with van der Waals surface area (Å²) < 4.78 is 0. The Morgan fingerprint density at radius 2 is 2.21 bits per heavy atom. The molecule has 1 heterocycles. The van der Waals surface area contributed by atoms with E-state index in [2.05, 4.69) is 30.4 Å². The van der Waals surface area contributed by atoms with Gasteiger partial charge in [0.25, 0.3) is 0 Å². The zero-order chi connectivity index (χ0) is 10.4. The fourth-order valence-electron chi connectivity index (χ4n) is 1.86. The van der Waals surface area contributed by atoms with Crippen LogP contribution in [0.15, 0.2) is 0 Å². The van der Waals surface area contributed by atoms with E-state index in [-0.39, 0.29) is 0 Å². The predicted molar refractivity (Wildman–Crippen MR) is 66.1 cm³/mol. The fraction of sp³-hybridized carbons (Fsp3) is 1.00. The maximum Gasteiger partial charge on any atom is 0.0141 e. The van der Waals surface area contributed by atoms with E-state index in [9.17, 15) is 0 Å². The van der Waals surface area contributed by atoms with Crippen molar-refractivity contribution >= 4 is 11.8 Å². The highest BCUT2D eigenvalue weighted by Crippen LogP contribution is 2.10. The second-order valence-corrected chi connectivity index (χ2v) is 5.66. The summed E-state index contributed by atoms with van der Waals surface area (Å²) in [5, 5.41) is 4.43. The summed E-state index contributed by atoms with van der Waals surface area (Å²) in [4.78, 5) is 2.44. The molecule has 0 bridgehead atoms. The molecule has 3 heteroatoms. The van der Waals surface area contributed by atoms with E-state index in [4.69, 9.17) is 0 Å². The number of nitrogens with one attached hydrogen (secondary N) is 1. The zero-order valence-electron chi connectivity index (χ0n) is 9.75. The Labute approximate surface area is 92.8 Å². The lowest BCUT2D eigenvalue weighted by Crippen LogP contribution is -2.34. The largest absolute Gasteiger partial charge is 0.313 e. The molecule has 0 aromatic heterocycles. The van der Waals surface area contributed by atoms with Gasteiger partial charge in [-0.1, -0.05) is 6.92 Å². The van der Waals surface area contributed by atoms with Crippen LogP contribution in [0.3, 0.4) is 0 Å². The van der Waals surface area contributed by atoms with Crippen molar-refractivity contribution in [3.8, 4) is 0 Å². The van der Waals surface area contributed by atoms with Gasteiger partial charge in [0, 0.05) is 17.8 Å². The molecular formula is C11H24N2S. The molecule has 1 fully saturated rings. The Kier molecular flexibility index (Phi) is 5.90. The van der Waals surface area contributed by atoms with E-state index in [0.717, 1.165) is 17.8 Å². The monoisotopic (exact) mass is 216 g/mol. The van der Waals surface area contributed by atoms with Crippen LogP contribution in [0.1, 0.15) is 26.2 Å². The summed E-state index contributed by atoms with van der Waals surface area (Å²) >= 11 is 1.95. The Hall–Kier alpha value is 0.270. The zero-order valence-corrected chi connectivity index (χ0v) is 10.6. The van der Waals surface area contributed by atoms with Crippen LogP contribution in [0.4, 0.5) is 0 Å². The highest BCUT2D eigenvalue weighted by molar-refractivity contribution is 7.99. The third-order valence-corrected chi connectivity index (χ3v) is 4.02. The molecular weight excluding hydrogens is 192 g/mol. The summed E-state index contributed by atoms with van der Waals surface area (Å²) in [6, 6.07) is 0.759. The highest BCUT2D eigenvalue weighted by atomic mass is 32.2. The SMILES string of the molecule is CSC(C)CNC1CCCN(C)CC1. The molecule has 0 aromatic carbocycles. The molecule has 1 saturated heterocycles. The van der Waals surface area contributed by atoms with Gasteiger partial charge in [0.2, 0.25) is 0 Å². The van der Waals surface area contributed by atoms with Crippen molar-refractivity contribution in [3.63, 3.8) is 0 Å². The van der Waals surface area contributed by atoms with Gasteiger partial charge in [0.15, 0.2) is 0 Å². The first-order valence-corrected chi connectivity index (χ1v) is 6.96. The van der Waals surface area contributed by atoms with E-state index < -0.39 is 0 Å². The van der Waals surface area contributed by atoms with Crippen molar-refractivity contribution in [2.24, 2.45) is 0 Å². The molecule has 0 aliphatic carbocycles. The molecule has 1 N–H and O–H groups in total. The van der Waals surface area contributed by atoms with Crippen LogP contribution in [-0.4, -0.2) is 49.1 Å². The van der Waals surface area contributed by atoms with Crippen LogP contribution in [0, 0.1) is 0 Å². The summed E-state index contributed by atoms with van der Waals surface area (Å²) in [5.41, 5.74) is 0. The van der Waals surface area contributed by atoms with Crippen LogP contribution in [0.2, 0.25) is 0 Å². The smallest absolute Gasteiger partial charge is 0.0141 e. The van der Waals surface area contributed by atoms with Gasteiger partial charge in [0.05, 0.1) is 0 Å². The summed E-state index contributed by atoms with van der Waals surface area (Å²) in [6.07, 6.45) is 6.21. The first-order valence-electron chi connectivity index (χ1n) is 5.67. The van der Waals surface area contributed by atoms with E-state index in [1.54, 1.807) is 0 Å². The van der Waals surface area contributed by atoms with Crippen molar-refractivity contribution in [2.75, 3.05) is 32.9 Å². The predicted octanol–water partition coefficient (Wildman–Crippen LogP) is 1.81. The standard InChI is InChI=1S/C11H24N2S/c1-10(14-3)9-12-11-5-4-7-13(2)8-6-11/h10-12H,4-9H2,1-3H3. The topological polar surface area (TPSA) is 15.3 Å². The molecule has 84 valence electrons. The number of nitrogens with zero attached hydrogens (tertiary/aromatic N) is 1. The van der Waals surface area contributed by atoms with Crippen LogP contribution < -0.4 is 5.32 Å². The van der Waals surface area contributed by atoms with E-state index in [1.165, 1.54) is 32.4 Å². The van der Waals surface area contributed by atoms with Crippen LogP contribution in [0.5, 0.6) is 0 Å². The van der Waals surface area contributed by atoms with Gasteiger partial charge in [-0.05, 0) is 45.7 Å². The lowest BCUT2D eigenvalue weighted by molar-refractivity contribution is 0.344. The molecule has 0 amide bonds. The molecule has 1 aliphatic rings. The maximum atomic E-state index is 3.69. The van der Waals surface area contributed by atoms with Crippen molar-refractivity contribution in [2.45, 2.75) is 37.5 Å². The normalized spacial score (nSPS) is 27.2. The average molecular weight is 216 g/mol. The molecule has 0 aromatic rings. The number of hydrogen-bond donors (Lipinski definition) is 1. The van der Waals surface area contributed by atoms with Gasteiger partial charge in [-0.15, -0.1) is 0 Å². The minimum atomic E-state index is 0.746. The van der Waals surface area contributed by atoms with Crippen molar-refractivity contribution in [1.82, 2.24) is 10.2 Å². The van der Waals surface area contributed by atoms with Crippen LogP contribution >= 0.6 is 11.8 Å². The fourth-order valence-corrected chi connectivity index (χ4v) is 2.12. The van der Waals surface area contributed by atoms with Gasteiger partial charge in [-0.2, -0.15) is 11.8 Å². The molecule has 1 rings (SSSR count). The first kappa shape index (κ1) is 12.3. The molecule has 14 heavy (non-hydrogen) atoms. The number of likely N-dealkylation sites (tertiary alicyclic amines) is 1. The molecule has 1 aliphatic heterocycles. The van der Waals surface area contributed by atoms with E-state index in [1.807, 2.05) is 11.8 Å². The maximum absolute atomic E-state index is 3.69. The molecule has 2 unspecified atom stereocenters.